The third kappa shape index (κ3) is 2.47. The van der Waals surface area contributed by atoms with Crippen LogP contribution in [-0.2, 0) is 4.79 Å². The number of hydrogen-bond donors (Lipinski definition) is 3. The Morgan fingerprint density at radius 2 is 2.00 bits per heavy atom. The van der Waals surface area contributed by atoms with Gasteiger partial charge in [-0.3, -0.25) is 0 Å². The maximum atomic E-state index is 9.69. The van der Waals surface area contributed by atoms with E-state index in [0.29, 0.717) is 0 Å². The van der Waals surface area contributed by atoms with Crippen LogP contribution in [0.25, 0.3) is 0 Å². The molecular formula is C3H6O3S. The molecule has 0 saturated carbocycles. The zero-order valence-electron chi connectivity index (χ0n) is 3.75. The standard InChI is InChI=1S/C3H6O3S/c1-3(6,7)2(4)5/h6-7H,1H3,(H,4,5)/t3-/m1/s1. The van der Waals surface area contributed by atoms with Gasteiger partial charge in [0.1, 0.15) is 0 Å². The summed E-state index contributed by atoms with van der Waals surface area (Å²) >= 11 is 3.31. The second-order valence-corrected chi connectivity index (χ2v) is 2.20. The summed E-state index contributed by atoms with van der Waals surface area (Å²) in [7, 11) is 0. The Morgan fingerprint density at radius 3 is 2.00 bits per heavy atom. The Bertz CT molecular complexity index is 82.7. The fourth-order valence-corrected chi connectivity index (χ4v) is 0. The Kier molecular flexibility index (Phi) is 1.66. The van der Waals surface area contributed by atoms with E-state index in [1.165, 1.54) is 0 Å². The summed E-state index contributed by atoms with van der Waals surface area (Å²) in [5.74, 6) is -1.34. The first-order valence-corrected chi connectivity index (χ1v) is 2.07. The van der Waals surface area contributed by atoms with Gasteiger partial charge in [0, 0.05) is 0 Å². The number of aliphatic carboxylic acids is 1. The van der Waals surface area contributed by atoms with Crippen LogP contribution in [0.15, 0.2) is 0 Å². The van der Waals surface area contributed by atoms with E-state index in [4.69, 9.17) is 10.2 Å². The molecule has 0 radical (unpaired) electrons. The predicted molar refractivity (Wildman–Crippen MR) is 27.2 cm³/mol. The topological polar surface area (TPSA) is 57.5 Å². The average molecular weight is 122 g/mol. The van der Waals surface area contributed by atoms with Gasteiger partial charge in [-0.05, 0) is 6.92 Å². The number of carboxylic acid groups (broad SMARTS) is 1. The van der Waals surface area contributed by atoms with Crippen LogP contribution in [0.3, 0.4) is 0 Å². The maximum absolute atomic E-state index is 9.69. The van der Waals surface area contributed by atoms with Crippen LogP contribution in [0, 0.1) is 0 Å². The Hall–Kier alpha value is -0.220. The first-order valence-electron chi connectivity index (χ1n) is 1.62. The number of carbonyl (C=O) groups is 1. The molecule has 0 heterocycles. The van der Waals surface area contributed by atoms with Crippen molar-refractivity contribution < 1.29 is 15.0 Å². The average Bonchev–Trinajstić information content (AvgIpc) is 1.31. The summed E-state index contributed by atoms with van der Waals surface area (Å²) in [6, 6.07) is 0. The van der Waals surface area contributed by atoms with Gasteiger partial charge in [-0.15, -0.1) is 12.6 Å². The van der Waals surface area contributed by atoms with Crippen molar-refractivity contribution in [3.63, 3.8) is 0 Å². The quantitative estimate of drug-likeness (QED) is 0.331. The van der Waals surface area contributed by atoms with E-state index in [-0.39, 0.29) is 0 Å². The summed E-state index contributed by atoms with van der Waals surface area (Å²) in [4.78, 5) is 7.81. The van der Waals surface area contributed by atoms with Gasteiger partial charge in [-0.1, -0.05) is 0 Å². The van der Waals surface area contributed by atoms with Crippen LogP contribution >= 0.6 is 12.6 Å². The third-order valence-electron chi connectivity index (χ3n) is 0.405. The van der Waals surface area contributed by atoms with E-state index in [0.717, 1.165) is 6.92 Å². The van der Waals surface area contributed by atoms with Crippen molar-refractivity contribution in [3.05, 3.63) is 0 Å². The van der Waals surface area contributed by atoms with Crippen molar-refractivity contribution in [2.75, 3.05) is 0 Å². The van der Waals surface area contributed by atoms with Crippen LogP contribution < -0.4 is 0 Å². The summed E-state index contributed by atoms with van der Waals surface area (Å²) < 4.78 is 0. The van der Waals surface area contributed by atoms with Gasteiger partial charge in [-0.2, -0.15) is 0 Å². The highest BCUT2D eigenvalue weighted by Gasteiger charge is 2.23. The molecule has 0 unspecified atom stereocenters. The van der Waals surface area contributed by atoms with E-state index >= 15 is 0 Å². The summed E-state index contributed by atoms with van der Waals surface area (Å²) in [5.41, 5.74) is 0. The lowest BCUT2D eigenvalue weighted by Crippen LogP contribution is -2.27. The lowest BCUT2D eigenvalue weighted by molar-refractivity contribution is -0.148. The van der Waals surface area contributed by atoms with Gasteiger partial charge in [0.15, 0.2) is 0 Å². The molecule has 4 heteroatoms. The monoisotopic (exact) mass is 122 g/mol. The normalized spacial score (nSPS) is 18.1. The maximum Gasteiger partial charge on any atom is 0.345 e. The van der Waals surface area contributed by atoms with Crippen LogP contribution in [0.4, 0.5) is 0 Å². The number of aliphatic hydroxyl groups is 1. The molecule has 0 aliphatic carbocycles. The fraction of sp³-hybridized carbons (Fsp3) is 0.667. The van der Waals surface area contributed by atoms with E-state index in [1.807, 2.05) is 0 Å². The molecule has 0 amide bonds. The Balaban J connectivity index is 3.79. The van der Waals surface area contributed by atoms with Gasteiger partial charge < -0.3 is 10.2 Å². The van der Waals surface area contributed by atoms with Crippen molar-refractivity contribution in [2.45, 2.75) is 11.9 Å². The molecule has 0 bridgehead atoms. The summed E-state index contributed by atoms with van der Waals surface area (Å²) in [5, 5.41) is 16.3. The molecule has 0 aromatic rings. The SMILES string of the molecule is C[C@@](O)(S)C(=O)O. The molecule has 3 nitrogen and oxygen atoms in total. The lowest BCUT2D eigenvalue weighted by atomic mass is 10.4. The summed E-state index contributed by atoms with van der Waals surface area (Å²) in [6.07, 6.45) is 0. The van der Waals surface area contributed by atoms with Gasteiger partial charge in [-0.25, -0.2) is 4.79 Å². The molecule has 0 fully saturated rings. The molecule has 0 aliphatic heterocycles. The minimum atomic E-state index is -1.89. The number of thiol groups is 1. The first kappa shape index (κ1) is 6.78. The minimum absolute atomic E-state index is 1.08. The van der Waals surface area contributed by atoms with Crippen LogP contribution in [0.5, 0.6) is 0 Å². The molecule has 0 saturated heterocycles. The number of hydrogen-bond acceptors (Lipinski definition) is 3. The van der Waals surface area contributed by atoms with Crippen LogP contribution in [0.2, 0.25) is 0 Å². The minimum Gasteiger partial charge on any atom is -0.478 e. The Labute approximate surface area is 46.4 Å². The third-order valence-corrected chi connectivity index (χ3v) is 0.596. The van der Waals surface area contributed by atoms with Crippen LogP contribution in [-0.4, -0.2) is 21.1 Å². The Morgan fingerprint density at radius 1 is 1.86 bits per heavy atom. The van der Waals surface area contributed by atoms with Crippen molar-refractivity contribution in [2.24, 2.45) is 0 Å². The molecular weight excluding hydrogens is 116 g/mol. The molecule has 1 atom stereocenters. The molecule has 0 aromatic heterocycles. The van der Waals surface area contributed by atoms with Gasteiger partial charge >= 0.3 is 5.97 Å². The van der Waals surface area contributed by atoms with E-state index in [2.05, 4.69) is 12.6 Å². The van der Waals surface area contributed by atoms with Crippen LogP contribution in [0.1, 0.15) is 6.92 Å². The largest absolute Gasteiger partial charge is 0.478 e. The summed E-state index contributed by atoms with van der Waals surface area (Å²) in [6.45, 7) is 1.08. The highest BCUT2D eigenvalue weighted by atomic mass is 32.1. The van der Waals surface area contributed by atoms with Crippen molar-refractivity contribution >= 4 is 18.6 Å². The second kappa shape index (κ2) is 1.71. The van der Waals surface area contributed by atoms with Crippen molar-refractivity contribution in [1.82, 2.24) is 0 Å². The molecule has 0 spiro atoms. The zero-order chi connectivity index (χ0) is 6.08. The predicted octanol–water partition coefficient (Wildman–Crippen LogP) is -0.291. The zero-order valence-corrected chi connectivity index (χ0v) is 4.64. The van der Waals surface area contributed by atoms with E-state index in [1.54, 1.807) is 0 Å². The fourth-order valence-electron chi connectivity index (χ4n) is 0. The van der Waals surface area contributed by atoms with Crippen molar-refractivity contribution in [3.8, 4) is 0 Å². The highest BCUT2D eigenvalue weighted by Crippen LogP contribution is 2.06. The van der Waals surface area contributed by atoms with E-state index < -0.39 is 10.9 Å². The molecule has 2 N–H and O–H groups in total. The smallest absolute Gasteiger partial charge is 0.345 e. The van der Waals surface area contributed by atoms with Gasteiger partial charge in [0.05, 0.1) is 0 Å². The molecule has 7 heavy (non-hydrogen) atoms. The van der Waals surface area contributed by atoms with Gasteiger partial charge in [0.25, 0.3) is 0 Å². The number of carboxylic acids is 1. The number of rotatable bonds is 1. The lowest BCUT2D eigenvalue weighted by Gasteiger charge is -2.06. The second-order valence-electron chi connectivity index (χ2n) is 1.33. The first-order chi connectivity index (χ1) is 2.94. The molecule has 0 aliphatic rings. The van der Waals surface area contributed by atoms with E-state index in [9.17, 15) is 4.79 Å². The van der Waals surface area contributed by atoms with Crippen molar-refractivity contribution in [1.29, 1.82) is 0 Å². The van der Waals surface area contributed by atoms with Gasteiger partial charge in [0.2, 0.25) is 4.93 Å². The molecule has 0 aromatic carbocycles. The highest BCUT2D eigenvalue weighted by molar-refractivity contribution is 7.82. The molecule has 42 valence electrons. The molecule has 0 rings (SSSR count).